The first-order valence-corrected chi connectivity index (χ1v) is 19.3. The zero-order valence-corrected chi connectivity index (χ0v) is 26.7. The number of rotatable bonds is 12. The van der Waals surface area contributed by atoms with Gasteiger partial charge in [0.25, 0.3) is 0 Å². The molecule has 6 rings (SSSR count). The molecule has 0 amide bonds. The Morgan fingerprint density at radius 1 is 0.318 bits per heavy atom. The van der Waals surface area contributed by atoms with Gasteiger partial charge in [0.05, 0.1) is 12.3 Å². The maximum absolute atomic E-state index is 14.2. The number of carbonyl (C=O) groups is 1. The summed E-state index contributed by atoms with van der Waals surface area (Å²) in [5.74, 6) is 0.337. The van der Waals surface area contributed by atoms with Crippen LogP contribution in [0, 0.1) is 0 Å². The van der Waals surface area contributed by atoms with Gasteiger partial charge in [-0.3, -0.25) is 4.79 Å². The highest BCUT2D eigenvalue weighted by molar-refractivity contribution is 7.96. The quantitative estimate of drug-likeness (QED) is 0.133. The number of hydrogen-bond donors (Lipinski definition) is 0. The number of Topliss-reactive ketones (excluding diaryl/α,β-unsaturated/α-hetero) is 1. The second-order valence-corrected chi connectivity index (χ2v) is 18.4. The Balaban J connectivity index is 1.36. The van der Waals surface area contributed by atoms with E-state index in [1.807, 2.05) is 0 Å². The maximum Gasteiger partial charge on any atom is 0.140 e. The Kier molecular flexibility index (Phi) is 9.58. The molecule has 1 nitrogen and oxygen atoms in total. The third kappa shape index (κ3) is 6.09. The standard InChI is InChI=1S/C41H38OP2/c42-35(31-33-43(36-19-7-1-8-20-36,37-21-9-2-10-22-37)38-23-11-3-12-24-38)32-34-44(39-25-13-4-14-26-39,40-27-15-5-16-28-40)41-29-17-6-18-30-41/h1-30H,31-34H2/q+2. The highest BCUT2D eigenvalue weighted by Crippen LogP contribution is 2.57. The summed E-state index contributed by atoms with van der Waals surface area (Å²) in [4.78, 5) is 14.2. The summed E-state index contributed by atoms with van der Waals surface area (Å²) in [6, 6.07) is 65.2. The molecule has 6 aromatic rings. The van der Waals surface area contributed by atoms with Crippen LogP contribution in [0.3, 0.4) is 0 Å². The first kappa shape index (κ1) is 29.9. The molecule has 44 heavy (non-hydrogen) atoms. The number of carbonyl (C=O) groups excluding carboxylic acids is 1. The lowest BCUT2D eigenvalue weighted by atomic mass is 10.2. The molecule has 0 saturated carbocycles. The highest BCUT2D eigenvalue weighted by Gasteiger charge is 2.47. The van der Waals surface area contributed by atoms with Crippen LogP contribution in [-0.2, 0) is 4.79 Å². The summed E-state index contributed by atoms with van der Waals surface area (Å²) in [7, 11) is -4.11. The van der Waals surface area contributed by atoms with Gasteiger partial charge >= 0.3 is 0 Å². The van der Waals surface area contributed by atoms with Crippen LogP contribution < -0.4 is 31.8 Å². The van der Waals surface area contributed by atoms with E-state index in [1.54, 1.807) is 0 Å². The zero-order chi connectivity index (χ0) is 30.1. The van der Waals surface area contributed by atoms with Crippen molar-refractivity contribution in [1.82, 2.24) is 0 Å². The van der Waals surface area contributed by atoms with E-state index in [2.05, 4.69) is 182 Å². The molecule has 6 aromatic carbocycles. The van der Waals surface area contributed by atoms with Crippen LogP contribution in [0.15, 0.2) is 182 Å². The lowest BCUT2D eigenvalue weighted by molar-refractivity contribution is -0.118. The summed E-state index contributed by atoms with van der Waals surface area (Å²) in [5, 5.41) is 7.94. The van der Waals surface area contributed by atoms with Gasteiger partial charge in [-0.2, -0.15) is 0 Å². The predicted octanol–water partition coefficient (Wildman–Crippen LogP) is 7.32. The van der Waals surface area contributed by atoms with Gasteiger partial charge < -0.3 is 0 Å². The molecule has 0 radical (unpaired) electrons. The van der Waals surface area contributed by atoms with E-state index < -0.39 is 14.5 Å². The van der Waals surface area contributed by atoms with Crippen molar-refractivity contribution in [3.05, 3.63) is 182 Å². The Hall–Kier alpha value is -4.15. The van der Waals surface area contributed by atoms with Crippen molar-refractivity contribution in [2.45, 2.75) is 12.8 Å². The molecule has 0 unspecified atom stereocenters. The van der Waals surface area contributed by atoms with Crippen molar-refractivity contribution in [2.75, 3.05) is 12.3 Å². The lowest BCUT2D eigenvalue weighted by Gasteiger charge is -2.28. The molecule has 0 bridgehead atoms. The second kappa shape index (κ2) is 14.1. The minimum atomic E-state index is -2.06. The molecule has 0 N–H and O–H groups in total. The fourth-order valence-corrected chi connectivity index (χ4v) is 15.1. The van der Waals surface area contributed by atoms with Crippen LogP contribution in [0.25, 0.3) is 0 Å². The Morgan fingerprint density at radius 3 is 0.682 bits per heavy atom. The van der Waals surface area contributed by atoms with Gasteiger partial charge in [-0.05, 0) is 72.8 Å². The van der Waals surface area contributed by atoms with Crippen molar-refractivity contribution < 1.29 is 4.79 Å². The molecule has 0 aliphatic carbocycles. The number of ketones is 1. The second-order valence-electron chi connectivity index (χ2n) is 11.1. The van der Waals surface area contributed by atoms with E-state index in [9.17, 15) is 4.79 Å². The zero-order valence-electron chi connectivity index (χ0n) is 25.0. The SMILES string of the molecule is O=C(CC[P+](c1ccccc1)(c1ccccc1)c1ccccc1)CC[P+](c1ccccc1)(c1ccccc1)c1ccccc1. The smallest absolute Gasteiger partial charge is 0.140 e. The van der Waals surface area contributed by atoms with Gasteiger partial charge in [0.2, 0.25) is 0 Å². The molecule has 0 aliphatic heterocycles. The van der Waals surface area contributed by atoms with E-state index >= 15 is 0 Å². The fourth-order valence-electron chi connectivity index (χ4n) is 6.47. The lowest BCUT2D eigenvalue weighted by Crippen LogP contribution is -2.35. The molecule has 0 aromatic heterocycles. The van der Waals surface area contributed by atoms with Gasteiger partial charge in [-0.15, -0.1) is 0 Å². The largest absolute Gasteiger partial charge is 0.299 e. The van der Waals surface area contributed by atoms with E-state index in [1.165, 1.54) is 31.8 Å². The highest BCUT2D eigenvalue weighted by atomic mass is 31.2. The summed E-state index contributed by atoms with van der Waals surface area (Å²) < 4.78 is 0. The van der Waals surface area contributed by atoms with Crippen LogP contribution in [0.2, 0.25) is 0 Å². The monoisotopic (exact) mass is 608 g/mol. The predicted molar refractivity (Wildman–Crippen MR) is 194 cm³/mol. The van der Waals surface area contributed by atoms with E-state index in [-0.39, 0.29) is 0 Å². The average molecular weight is 609 g/mol. The first-order valence-electron chi connectivity index (χ1n) is 15.3. The van der Waals surface area contributed by atoms with Crippen LogP contribution in [0.1, 0.15) is 12.8 Å². The van der Waals surface area contributed by atoms with Crippen molar-refractivity contribution in [1.29, 1.82) is 0 Å². The molecule has 216 valence electrons. The molecule has 0 fully saturated rings. The molecular weight excluding hydrogens is 570 g/mol. The van der Waals surface area contributed by atoms with E-state index in [0.717, 1.165) is 12.3 Å². The van der Waals surface area contributed by atoms with E-state index in [0.29, 0.717) is 18.6 Å². The van der Waals surface area contributed by atoms with Crippen LogP contribution in [-0.4, -0.2) is 18.1 Å². The summed E-state index contributed by atoms with van der Waals surface area (Å²) in [6.07, 6.45) is 2.73. The third-order valence-electron chi connectivity index (χ3n) is 8.63. The summed E-state index contributed by atoms with van der Waals surface area (Å²) in [6.45, 7) is 0. The Bertz CT molecular complexity index is 1420. The molecule has 0 heterocycles. The van der Waals surface area contributed by atoms with Crippen LogP contribution in [0.4, 0.5) is 0 Å². The molecule has 0 spiro atoms. The number of hydrogen-bond acceptors (Lipinski definition) is 1. The van der Waals surface area contributed by atoms with Crippen molar-refractivity contribution >= 4 is 52.1 Å². The third-order valence-corrected chi connectivity index (χ3v) is 17.5. The molecule has 3 heteroatoms. The molecule has 0 saturated heterocycles. The molecular formula is C41H38OP2+2. The minimum Gasteiger partial charge on any atom is -0.299 e. The van der Waals surface area contributed by atoms with Crippen molar-refractivity contribution in [3.63, 3.8) is 0 Å². The Labute approximate surface area is 263 Å². The normalized spacial score (nSPS) is 11.6. The van der Waals surface area contributed by atoms with Gasteiger partial charge in [0.15, 0.2) is 0 Å². The molecule has 0 aliphatic rings. The van der Waals surface area contributed by atoms with Gasteiger partial charge in [-0.1, -0.05) is 109 Å². The Morgan fingerprint density at radius 2 is 0.500 bits per heavy atom. The van der Waals surface area contributed by atoms with E-state index in [4.69, 9.17) is 0 Å². The maximum atomic E-state index is 14.2. The van der Waals surface area contributed by atoms with Crippen molar-refractivity contribution in [3.8, 4) is 0 Å². The minimum absolute atomic E-state index is 0.337. The van der Waals surface area contributed by atoms with Gasteiger partial charge in [0.1, 0.15) is 52.1 Å². The molecule has 0 atom stereocenters. The van der Waals surface area contributed by atoms with Gasteiger partial charge in [-0.25, -0.2) is 0 Å². The van der Waals surface area contributed by atoms with Crippen LogP contribution >= 0.6 is 14.5 Å². The average Bonchev–Trinajstić information content (AvgIpc) is 3.12. The fraction of sp³-hybridized carbons (Fsp3) is 0.0976. The summed E-state index contributed by atoms with van der Waals surface area (Å²) in [5.41, 5.74) is 0. The summed E-state index contributed by atoms with van der Waals surface area (Å²) >= 11 is 0. The number of benzene rings is 6. The van der Waals surface area contributed by atoms with Crippen molar-refractivity contribution in [2.24, 2.45) is 0 Å². The van der Waals surface area contributed by atoms with Crippen LogP contribution in [0.5, 0.6) is 0 Å². The van der Waals surface area contributed by atoms with Gasteiger partial charge in [0, 0.05) is 12.8 Å². The topological polar surface area (TPSA) is 17.1 Å². The first-order chi connectivity index (χ1) is 21.7.